The molecule has 5 rings (SSSR count). The van der Waals surface area contributed by atoms with Crippen LogP contribution in [0.15, 0.2) is 0 Å². The van der Waals surface area contributed by atoms with Crippen molar-refractivity contribution in [2.24, 2.45) is 11.8 Å². The Balaban J connectivity index is 1.03. The smallest absolute Gasteiger partial charge is 0.228 e. The van der Waals surface area contributed by atoms with Gasteiger partial charge in [-0.15, -0.1) is 0 Å². The number of hydroxylamine groups is 4. The summed E-state index contributed by atoms with van der Waals surface area (Å²) in [5.74, 6) is 2.41. The predicted octanol–water partition coefficient (Wildman–Crippen LogP) is 9.98. The molecule has 2 N–H and O–H groups in total. The second-order valence-electron chi connectivity index (χ2n) is 18.5. The lowest BCUT2D eigenvalue weighted by Gasteiger charge is -2.55. The van der Waals surface area contributed by atoms with E-state index in [0.717, 1.165) is 51.6 Å². The maximum atomic E-state index is 6.70. The van der Waals surface area contributed by atoms with E-state index in [0.29, 0.717) is 35.9 Å². The fraction of sp³-hybridized carbons (Fsp3) is 0.923. The molecule has 0 bridgehead atoms. The lowest BCUT2D eigenvalue weighted by molar-refractivity contribution is -0.314. The van der Waals surface area contributed by atoms with Crippen molar-refractivity contribution in [2.75, 3.05) is 23.7 Å². The van der Waals surface area contributed by atoms with Crippen LogP contribution < -0.4 is 10.6 Å². The van der Waals surface area contributed by atoms with Crippen molar-refractivity contribution >= 4 is 23.5 Å². The predicted molar refractivity (Wildman–Crippen MR) is 202 cm³/mol. The van der Waals surface area contributed by atoms with E-state index < -0.39 is 0 Å². The van der Waals surface area contributed by atoms with Gasteiger partial charge in [-0.2, -0.15) is 25.1 Å². The van der Waals surface area contributed by atoms with Crippen molar-refractivity contribution < 1.29 is 9.68 Å². The Labute approximate surface area is 303 Å². The van der Waals surface area contributed by atoms with Crippen LogP contribution in [0.5, 0.6) is 0 Å². The van der Waals surface area contributed by atoms with Crippen LogP contribution in [0, 0.1) is 11.8 Å². The van der Waals surface area contributed by atoms with Crippen LogP contribution in [-0.4, -0.2) is 72.5 Å². The molecule has 4 aliphatic rings. The third-order valence-corrected chi connectivity index (χ3v) is 11.9. The van der Waals surface area contributed by atoms with E-state index in [-0.39, 0.29) is 27.4 Å². The summed E-state index contributed by atoms with van der Waals surface area (Å²) in [4.78, 5) is 26.8. The van der Waals surface area contributed by atoms with Crippen LogP contribution in [0.3, 0.4) is 0 Å². The molecule has 2 saturated heterocycles. The first-order chi connectivity index (χ1) is 23.1. The second kappa shape index (κ2) is 16.6. The number of rotatable bonds is 14. The molecule has 3 heterocycles. The van der Waals surface area contributed by atoms with E-state index in [1.165, 1.54) is 77.0 Å². The molecule has 280 valence electrons. The fourth-order valence-electron chi connectivity index (χ4n) is 10.2. The summed E-state index contributed by atoms with van der Waals surface area (Å²) in [5.41, 5.74) is 0.0805. The molecule has 10 heteroatoms. The zero-order valence-electron chi connectivity index (χ0n) is 32.4. The van der Waals surface area contributed by atoms with Crippen LogP contribution in [0.1, 0.15) is 171 Å². The largest absolute Gasteiger partial charge is 0.354 e. The molecule has 4 fully saturated rings. The normalized spacial score (nSPS) is 25.7. The molecule has 0 atom stereocenters. The molecule has 2 aliphatic heterocycles. The molecule has 0 unspecified atom stereocenters. The van der Waals surface area contributed by atoms with E-state index in [4.69, 9.17) is 21.3 Å². The van der Waals surface area contributed by atoms with Crippen LogP contribution >= 0.6 is 11.6 Å². The molecular weight excluding hydrogens is 634 g/mol. The Morgan fingerprint density at radius 3 is 1.27 bits per heavy atom. The summed E-state index contributed by atoms with van der Waals surface area (Å²) < 4.78 is 0. The molecule has 0 spiro atoms. The highest BCUT2D eigenvalue weighted by atomic mass is 35.5. The summed E-state index contributed by atoms with van der Waals surface area (Å²) in [7, 11) is 0. The maximum Gasteiger partial charge on any atom is 0.228 e. The number of aromatic nitrogens is 3. The molecular formula is C39H70ClN7O2. The zero-order chi connectivity index (χ0) is 35.3. The zero-order valence-corrected chi connectivity index (χ0v) is 33.1. The van der Waals surface area contributed by atoms with E-state index in [1.54, 1.807) is 0 Å². The molecule has 0 aromatic carbocycles. The van der Waals surface area contributed by atoms with E-state index in [2.05, 4.69) is 91.1 Å². The van der Waals surface area contributed by atoms with Gasteiger partial charge in [0.25, 0.3) is 0 Å². The number of hydrogen-bond acceptors (Lipinski definition) is 9. The van der Waals surface area contributed by atoms with Crippen LogP contribution in [0.25, 0.3) is 0 Å². The number of anilines is 2. The molecule has 9 nitrogen and oxygen atoms in total. The molecule has 2 aliphatic carbocycles. The summed E-state index contributed by atoms with van der Waals surface area (Å²) >= 11 is 6.34. The van der Waals surface area contributed by atoms with Crippen molar-refractivity contribution in [1.82, 2.24) is 25.1 Å². The highest BCUT2D eigenvalue weighted by Crippen LogP contribution is 2.45. The molecule has 1 aromatic rings. The number of nitrogens with one attached hydrogen (secondary N) is 2. The molecule has 0 radical (unpaired) electrons. The van der Waals surface area contributed by atoms with Crippen molar-refractivity contribution in [3.8, 4) is 0 Å². The minimum atomic E-state index is 0.0201. The van der Waals surface area contributed by atoms with Crippen LogP contribution in [0.4, 0.5) is 11.9 Å². The van der Waals surface area contributed by atoms with Gasteiger partial charge in [0.2, 0.25) is 17.2 Å². The van der Waals surface area contributed by atoms with Gasteiger partial charge in [-0.1, -0.05) is 38.5 Å². The van der Waals surface area contributed by atoms with Crippen molar-refractivity contribution in [2.45, 2.75) is 205 Å². The van der Waals surface area contributed by atoms with Crippen molar-refractivity contribution in [3.63, 3.8) is 0 Å². The van der Waals surface area contributed by atoms with Gasteiger partial charge < -0.3 is 10.6 Å². The molecule has 1 aromatic heterocycles. The number of halogens is 1. The van der Waals surface area contributed by atoms with Gasteiger partial charge in [0.15, 0.2) is 0 Å². The Morgan fingerprint density at radius 1 is 0.571 bits per heavy atom. The van der Waals surface area contributed by atoms with Gasteiger partial charge in [-0.05, 0) is 156 Å². The van der Waals surface area contributed by atoms with Crippen LogP contribution in [-0.2, 0) is 9.68 Å². The van der Waals surface area contributed by atoms with E-state index in [9.17, 15) is 0 Å². The Morgan fingerprint density at radius 2 is 0.918 bits per heavy atom. The van der Waals surface area contributed by atoms with E-state index >= 15 is 0 Å². The summed E-state index contributed by atoms with van der Waals surface area (Å²) in [5, 5.41) is 11.8. The first kappa shape index (κ1) is 39.0. The Hall–Kier alpha value is -1.26. The first-order valence-corrected chi connectivity index (χ1v) is 20.3. The number of hydrogen-bond donors (Lipinski definition) is 2. The summed E-state index contributed by atoms with van der Waals surface area (Å²) in [6, 6.07) is 0. The standard InChI is InChI=1S/C39H70ClN7O2/c1-36(2)25-29(26-37(3,4)46(36)48-31-19-11-9-12-20-31)17-15-23-41-34-43-33(40)44-35(45-34)42-24-16-18-30-27-38(5,6)47(39(7,8)28-30)49-32-21-13-10-14-22-32/h29-32H,9-28H2,1-8H3,(H2,41,42,43,44,45). The fourth-order valence-corrected chi connectivity index (χ4v) is 10.4. The van der Waals surface area contributed by atoms with Gasteiger partial charge in [-0.3, -0.25) is 9.68 Å². The van der Waals surface area contributed by atoms with Gasteiger partial charge in [-0.25, -0.2) is 0 Å². The van der Waals surface area contributed by atoms with Crippen LogP contribution in [0.2, 0.25) is 5.28 Å². The van der Waals surface area contributed by atoms with Gasteiger partial charge in [0, 0.05) is 35.2 Å². The summed E-state index contributed by atoms with van der Waals surface area (Å²) in [6.07, 6.45) is 22.5. The quantitative estimate of drug-likeness (QED) is 0.184. The molecule has 0 amide bonds. The molecule has 2 saturated carbocycles. The lowest BCUT2D eigenvalue weighted by Crippen LogP contribution is -2.61. The highest BCUT2D eigenvalue weighted by Gasteiger charge is 2.48. The monoisotopic (exact) mass is 704 g/mol. The van der Waals surface area contributed by atoms with Crippen molar-refractivity contribution in [1.29, 1.82) is 0 Å². The van der Waals surface area contributed by atoms with Crippen molar-refractivity contribution in [3.05, 3.63) is 5.28 Å². The number of nitrogens with zero attached hydrogens (tertiary/aromatic N) is 5. The summed E-state index contributed by atoms with van der Waals surface area (Å²) in [6.45, 7) is 20.5. The van der Waals surface area contributed by atoms with E-state index in [1.807, 2.05) is 0 Å². The average Bonchev–Trinajstić information content (AvgIpc) is 3.01. The third-order valence-electron chi connectivity index (χ3n) is 11.7. The highest BCUT2D eigenvalue weighted by molar-refractivity contribution is 6.28. The maximum absolute atomic E-state index is 6.70. The minimum Gasteiger partial charge on any atom is -0.354 e. The van der Waals surface area contributed by atoms with Gasteiger partial charge in [0.05, 0.1) is 12.2 Å². The Kier molecular flexibility index (Phi) is 13.2. The number of piperidine rings is 2. The Bertz CT molecular complexity index is 1060. The first-order valence-electron chi connectivity index (χ1n) is 20.0. The van der Waals surface area contributed by atoms with Gasteiger partial charge >= 0.3 is 0 Å². The van der Waals surface area contributed by atoms with Gasteiger partial charge in [0.1, 0.15) is 0 Å². The molecule has 49 heavy (non-hydrogen) atoms. The second-order valence-corrected chi connectivity index (χ2v) is 18.8. The average molecular weight is 704 g/mol. The third kappa shape index (κ3) is 10.9. The minimum absolute atomic E-state index is 0.0201. The topological polar surface area (TPSA) is 87.7 Å². The SMILES string of the molecule is CC1(C)CC(CCCNc2nc(Cl)nc(NCCCC3CC(C)(C)N(OC4CCCCC4)C(C)(C)C3)n2)CC(C)(C)N1OC1CCCCC1. The lowest BCUT2D eigenvalue weighted by atomic mass is 9.73.